The number of carbonyl (C=O) groups excluding carboxylic acids is 1. The lowest BCUT2D eigenvalue weighted by molar-refractivity contribution is -0.158. The van der Waals surface area contributed by atoms with Gasteiger partial charge in [0.15, 0.2) is 5.78 Å². The number of aliphatic hydroxyl groups excluding tert-OH is 1. The second kappa shape index (κ2) is 6.86. The largest absolute Gasteiger partial charge is 0.388 e. The van der Waals surface area contributed by atoms with Crippen LogP contribution in [0.25, 0.3) is 0 Å². The van der Waals surface area contributed by atoms with Crippen molar-refractivity contribution in [3.05, 3.63) is 34.3 Å². The van der Waals surface area contributed by atoms with E-state index in [2.05, 4.69) is 15.9 Å². The van der Waals surface area contributed by atoms with E-state index in [1.807, 2.05) is 6.07 Å². The summed E-state index contributed by atoms with van der Waals surface area (Å²) in [6.45, 7) is 0. The summed E-state index contributed by atoms with van der Waals surface area (Å²) in [5, 5.41) is 9.90. The maximum absolute atomic E-state index is 11.7. The highest BCUT2D eigenvalue weighted by Gasteiger charge is 2.21. The minimum atomic E-state index is -0.920. The zero-order valence-electron chi connectivity index (χ0n) is 9.72. The molecule has 0 aromatic heterocycles. The van der Waals surface area contributed by atoms with E-state index in [-0.39, 0.29) is 12.2 Å². The fraction of sp³-hybridized carbons (Fsp3) is 0.417. The Kier molecular flexibility index (Phi) is 5.77. The van der Waals surface area contributed by atoms with E-state index >= 15 is 0 Å². The molecule has 0 fully saturated rings. The van der Waals surface area contributed by atoms with E-state index < -0.39 is 12.4 Å². The number of benzene rings is 1. The number of carbonyl (C=O) groups is 1. The first-order valence-corrected chi connectivity index (χ1v) is 5.89. The van der Waals surface area contributed by atoms with Crippen molar-refractivity contribution in [3.8, 4) is 0 Å². The van der Waals surface area contributed by atoms with Gasteiger partial charge in [0.1, 0.15) is 0 Å². The summed E-state index contributed by atoms with van der Waals surface area (Å²) in [5.74, 6) is -0.289. The number of methoxy groups -OCH3 is 2. The van der Waals surface area contributed by atoms with Crippen LogP contribution in [0.2, 0.25) is 0 Å². The van der Waals surface area contributed by atoms with Crippen molar-refractivity contribution >= 4 is 21.7 Å². The Morgan fingerprint density at radius 1 is 1.41 bits per heavy atom. The van der Waals surface area contributed by atoms with Gasteiger partial charge in [-0.3, -0.25) is 4.79 Å². The summed E-state index contributed by atoms with van der Waals surface area (Å²) in [6.07, 6.45) is -1.81. The van der Waals surface area contributed by atoms with Crippen molar-refractivity contribution < 1.29 is 19.4 Å². The van der Waals surface area contributed by atoms with Crippen LogP contribution in [0.1, 0.15) is 18.1 Å². The molecule has 5 heteroatoms. The molecule has 0 aliphatic heterocycles. The average Bonchev–Trinajstić information content (AvgIpc) is 2.30. The summed E-state index contributed by atoms with van der Waals surface area (Å²) >= 11 is 3.31. The quantitative estimate of drug-likeness (QED) is 0.817. The molecule has 94 valence electrons. The highest BCUT2D eigenvalue weighted by molar-refractivity contribution is 9.10. The van der Waals surface area contributed by atoms with E-state index in [1.54, 1.807) is 18.2 Å². The number of aliphatic hydroxyl groups is 1. The van der Waals surface area contributed by atoms with Crippen molar-refractivity contribution in [2.75, 3.05) is 14.2 Å². The predicted molar refractivity (Wildman–Crippen MR) is 66.5 cm³/mol. The van der Waals surface area contributed by atoms with Gasteiger partial charge in [0.05, 0.1) is 6.10 Å². The number of hydrogen-bond acceptors (Lipinski definition) is 4. The first-order valence-electron chi connectivity index (χ1n) is 5.10. The third-order valence-corrected chi connectivity index (χ3v) is 2.81. The monoisotopic (exact) mass is 302 g/mol. The van der Waals surface area contributed by atoms with Crippen LogP contribution in [-0.4, -0.2) is 31.4 Å². The molecular formula is C12H15BrO4. The Morgan fingerprint density at radius 3 is 2.59 bits per heavy atom. The van der Waals surface area contributed by atoms with Gasteiger partial charge in [-0.15, -0.1) is 0 Å². The van der Waals surface area contributed by atoms with Crippen LogP contribution < -0.4 is 0 Å². The van der Waals surface area contributed by atoms with E-state index in [4.69, 9.17) is 9.47 Å². The van der Waals surface area contributed by atoms with Gasteiger partial charge >= 0.3 is 0 Å². The second-order valence-electron chi connectivity index (χ2n) is 3.54. The maximum atomic E-state index is 11.7. The summed E-state index contributed by atoms with van der Waals surface area (Å²) in [7, 11) is 2.77. The Labute approximate surface area is 109 Å². The summed E-state index contributed by atoms with van der Waals surface area (Å²) in [5.41, 5.74) is 0.679. The van der Waals surface area contributed by atoms with Crippen molar-refractivity contribution in [3.63, 3.8) is 0 Å². The number of halogens is 1. The van der Waals surface area contributed by atoms with Gasteiger partial charge in [-0.05, 0) is 17.7 Å². The number of rotatable bonds is 6. The molecule has 0 amide bonds. The van der Waals surface area contributed by atoms with Crippen molar-refractivity contribution in [1.82, 2.24) is 0 Å². The molecule has 17 heavy (non-hydrogen) atoms. The average molecular weight is 303 g/mol. The molecule has 0 heterocycles. The van der Waals surface area contributed by atoms with Crippen molar-refractivity contribution in [2.45, 2.75) is 18.8 Å². The first kappa shape index (κ1) is 14.3. The summed E-state index contributed by atoms with van der Waals surface area (Å²) < 4.78 is 10.5. The van der Waals surface area contributed by atoms with E-state index in [0.717, 1.165) is 4.47 Å². The number of ketones is 1. The third kappa shape index (κ3) is 4.20. The van der Waals surface area contributed by atoms with Gasteiger partial charge in [0.25, 0.3) is 0 Å². The highest BCUT2D eigenvalue weighted by Crippen LogP contribution is 2.21. The molecule has 0 radical (unpaired) electrons. The summed E-state index contributed by atoms with van der Waals surface area (Å²) in [6, 6.07) is 7.19. The van der Waals surface area contributed by atoms with E-state index in [9.17, 15) is 9.90 Å². The predicted octanol–water partition coefficient (Wildman–Crippen LogP) is 2.06. The van der Waals surface area contributed by atoms with Gasteiger partial charge in [0, 0.05) is 25.1 Å². The molecule has 1 aromatic carbocycles. The van der Waals surface area contributed by atoms with Crippen LogP contribution in [0, 0.1) is 0 Å². The SMILES string of the molecule is COC(OC)C(=O)C[C@H](O)c1cccc(Br)c1. The lowest BCUT2D eigenvalue weighted by Gasteiger charge is -2.15. The van der Waals surface area contributed by atoms with Gasteiger partial charge in [-0.1, -0.05) is 28.1 Å². The smallest absolute Gasteiger partial charge is 0.217 e. The van der Waals surface area contributed by atoms with Crippen molar-refractivity contribution in [2.24, 2.45) is 0 Å². The molecule has 4 nitrogen and oxygen atoms in total. The Bertz CT molecular complexity index is 377. The fourth-order valence-corrected chi connectivity index (χ4v) is 1.89. The van der Waals surface area contributed by atoms with Crippen LogP contribution in [-0.2, 0) is 14.3 Å². The molecular weight excluding hydrogens is 288 g/mol. The normalized spacial score (nSPS) is 12.8. The molecule has 0 saturated heterocycles. The molecule has 0 unspecified atom stereocenters. The molecule has 0 saturated carbocycles. The van der Waals surface area contributed by atoms with Crippen LogP contribution >= 0.6 is 15.9 Å². The van der Waals surface area contributed by atoms with Gasteiger partial charge < -0.3 is 14.6 Å². The highest BCUT2D eigenvalue weighted by atomic mass is 79.9. The lowest BCUT2D eigenvalue weighted by Crippen LogP contribution is -2.26. The Morgan fingerprint density at radius 2 is 2.06 bits per heavy atom. The van der Waals surface area contributed by atoms with Gasteiger partial charge in [0.2, 0.25) is 6.29 Å². The Hall–Kier alpha value is -0.750. The molecule has 0 bridgehead atoms. The molecule has 0 spiro atoms. The molecule has 0 aliphatic carbocycles. The Balaban J connectivity index is 2.66. The maximum Gasteiger partial charge on any atom is 0.217 e. The van der Waals surface area contributed by atoms with Crippen molar-refractivity contribution in [1.29, 1.82) is 0 Å². The molecule has 1 aromatic rings. The minimum Gasteiger partial charge on any atom is -0.388 e. The standard InChI is InChI=1S/C12H15BrO4/c1-16-12(17-2)11(15)7-10(14)8-4-3-5-9(13)6-8/h3-6,10,12,14H,7H2,1-2H3/t10-/m0/s1. The van der Waals surface area contributed by atoms with Crippen LogP contribution in [0.3, 0.4) is 0 Å². The molecule has 1 rings (SSSR count). The molecule has 1 atom stereocenters. The second-order valence-corrected chi connectivity index (χ2v) is 4.46. The number of Topliss-reactive ketones (excluding diaryl/α,β-unsaturated/α-hetero) is 1. The van der Waals surface area contributed by atoms with Crippen LogP contribution in [0.4, 0.5) is 0 Å². The zero-order chi connectivity index (χ0) is 12.8. The number of hydrogen-bond donors (Lipinski definition) is 1. The van der Waals surface area contributed by atoms with E-state index in [0.29, 0.717) is 5.56 Å². The third-order valence-electron chi connectivity index (χ3n) is 2.32. The fourth-order valence-electron chi connectivity index (χ4n) is 1.48. The van der Waals surface area contributed by atoms with Gasteiger partial charge in [-0.25, -0.2) is 0 Å². The van der Waals surface area contributed by atoms with Gasteiger partial charge in [-0.2, -0.15) is 0 Å². The van der Waals surface area contributed by atoms with E-state index in [1.165, 1.54) is 14.2 Å². The minimum absolute atomic E-state index is 0.0389. The zero-order valence-corrected chi connectivity index (χ0v) is 11.3. The van der Waals surface area contributed by atoms with Crippen LogP contribution in [0.15, 0.2) is 28.7 Å². The topological polar surface area (TPSA) is 55.8 Å². The first-order chi connectivity index (χ1) is 8.08. The van der Waals surface area contributed by atoms with Crippen LogP contribution in [0.5, 0.6) is 0 Å². The number of ether oxygens (including phenoxy) is 2. The molecule has 0 aliphatic rings. The summed E-state index contributed by atoms with van der Waals surface area (Å²) in [4.78, 5) is 11.7. The molecule has 1 N–H and O–H groups in total. The lowest BCUT2D eigenvalue weighted by atomic mass is 10.0.